The molecule has 0 aromatic heterocycles. The molecular formula is C13H25N3O3. The number of unbranched alkanes of at least 4 members (excludes halogenated alkanes) is 1. The summed E-state index contributed by atoms with van der Waals surface area (Å²) in [7, 11) is 1.77. The van der Waals surface area contributed by atoms with Gasteiger partial charge in [0, 0.05) is 26.2 Å². The molecule has 0 aliphatic carbocycles. The molecule has 0 spiro atoms. The van der Waals surface area contributed by atoms with Crippen molar-refractivity contribution in [1.82, 2.24) is 15.1 Å². The van der Waals surface area contributed by atoms with Gasteiger partial charge in [0.1, 0.15) is 0 Å². The molecule has 6 nitrogen and oxygen atoms in total. The summed E-state index contributed by atoms with van der Waals surface area (Å²) < 4.78 is 5.06. The topological polar surface area (TPSA) is 61.9 Å². The summed E-state index contributed by atoms with van der Waals surface area (Å²) in [6.07, 6.45) is 1.89. The van der Waals surface area contributed by atoms with E-state index in [9.17, 15) is 9.59 Å². The van der Waals surface area contributed by atoms with E-state index in [1.807, 2.05) is 11.8 Å². The van der Waals surface area contributed by atoms with Crippen LogP contribution in [0, 0.1) is 0 Å². The van der Waals surface area contributed by atoms with E-state index in [-0.39, 0.29) is 25.0 Å². The van der Waals surface area contributed by atoms with Crippen LogP contribution in [-0.2, 0) is 14.3 Å². The van der Waals surface area contributed by atoms with Crippen LogP contribution in [0.1, 0.15) is 19.8 Å². The number of piperazine rings is 1. The maximum Gasteiger partial charge on any atom is 0.320 e. The number of carbonyl (C=O) groups excluding carboxylic acids is 2. The standard InChI is InChI=1S/C13H25N3O3/c1-3-4-9-19-13(18)11-15(2)10-12(17)16-7-5-14-6-8-16/h14H,3-11H2,1-2H3. The molecule has 1 amide bonds. The highest BCUT2D eigenvalue weighted by Crippen LogP contribution is 1.96. The van der Waals surface area contributed by atoms with Crippen molar-refractivity contribution in [3.05, 3.63) is 0 Å². The third-order valence-corrected chi connectivity index (χ3v) is 3.03. The van der Waals surface area contributed by atoms with Crippen molar-refractivity contribution in [3.63, 3.8) is 0 Å². The predicted molar refractivity (Wildman–Crippen MR) is 72.8 cm³/mol. The van der Waals surface area contributed by atoms with Gasteiger partial charge in [-0.15, -0.1) is 0 Å². The van der Waals surface area contributed by atoms with E-state index in [0.29, 0.717) is 6.61 Å². The van der Waals surface area contributed by atoms with Gasteiger partial charge < -0.3 is 15.0 Å². The Bertz CT molecular complexity index is 291. The largest absolute Gasteiger partial charge is 0.465 e. The van der Waals surface area contributed by atoms with Crippen molar-refractivity contribution in [2.75, 3.05) is 52.9 Å². The number of hydrogen-bond acceptors (Lipinski definition) is 5. The molecule has 19 heavy (non-hydrogen) atoms. The Balaban J connectivity index is 2.20. The number of amides is 1. The molecule has 0 aromatic carbocycles. The van der Waals surface area contributed by atoms with Crippen LogP contribution >= 0.6 is 0 Å². The average Bonchev–Trinajstić information content (AvgIpc) is 2.39. The lowest BCUT2D eigenvalue weighted by atomic mass is 10.3. The van der Waals surface area contributed by atoms with Gasteiger partial charge in [-0.1, -0.05) is 13.3 Å². The quantitative estimate of drug-likeness (QED) is 0.508. The fraction of sp³-hybridized carbons (Fsp3) is 0.846. The number of ether oxygens (including phenoxy) is 1. The highest BCUT2D eigenvalue weighted by molar-refractivity contribution is 5.79. The second-order valence-electron chi connectivity index (χ2n) is 4.88. The van der Waals surface area contributed by atoms with Gasteiger partial charge in [-0.2, -0.15) is 0 Å². The smallest absolute Gasteiger partial charge is 0.320 e. The van der Waals surface area contributed by atoms with Gasteiger partial charge in [-0.05, 0) is 13.5 Å². The Kier molecular flexibility index (Phi) is 7.43. The molecular weight excluding hydrogens is 246 g/mol. The van der Waals surface area contributed by atoms with Crippen LogP contribution in [-0.4, -0.2) is 74.6 Å². The number of rotatable bonds is 7. The van der Waals surface area contributed by atoms with Crippen LogP contribution in [0.4, 0.5) is 0 Å². The van der Waals surface area contributed by atoms with Gasteiger partial charge in [-0.3, -0.25) is 14.5 Å². The molecule has 0 unspecified atom stereocenters. The highest BCUT2D eigenvalue weighted by atomic mass is 16.5. The second-order valence-corrected chi connectivity index (χ2v) is 4.88. The highest BCUT2D eigenvalue weighted by Gasteiger charge is 2.18. The van der Waals surface area contributed by atoms with E-state index in [1.54, 1.807) is 11.9 Å². The molecule has 1 saturated heterocycles. The summed E-state index contributed by atoms with van der Waals surface area (Å²) in [4.78, 5) is 27.0. The maximum absolute atomic E-state index is 12.0. The molecule has 1 heterocycles. The van der Waals surface area contributed by atoms with Crippen LogP contribution in [0.2, 0.25) is 0 Å². The van der Waals surface area contributed by atoms with Crippen LogP contribution in [0.5, 0.6) is 0 Å². The Morgan fingerprint density at radius 3 is 2.58 bits per heavy atom. The summed E-state index contributed by atoms with van der Waals surface area (Å²) in [5, 5.41) is 3.20. The normalized spacial score (nSPS) is 15.6. The molecule has 6 heteroatoms. The van der Waals surface area contributed by atoms with E-state index in [0.717, 1.165) is 39.0 Å². The number of nitrogens with zero attached hydrogens (tertiary/aromatic N) is 2. The van der Waals surface area contributed by atoms with Crippen LogP contribution in [0.15, 0.2) is 0 Å². The fourth-order valence-electron chi connectivity index (χ4n) is 1.90. The van der Waals surface area contributed by atoms with E-state index < -0.39 is 0 Å². The Morgan fingerprint density at radius 1 is 1.26 bits per heavy atom. The zero-order valence-electron chi connectivity index (χ0n) is 12.0. The van der Waals surface area contributed by atoms with Gasteiger partial charge in [-0.25, -0.2) is 0 Å². The number of hydrogen-bond donors (Lipinski definition) is 1. The lowest BCUT2D eigenvalue weighted by molar-refractivity contribution is -0.145. The van der Waals surface area contributed by atoms with Gasteiger partial charge in [0.15, 0.2) is 0 Å². The molecule has 1 aliphatic heterocycles. The first kappa shape index (κ1) is 15.9. The van der Waals surface area contributed by atoms with Crippen molar-refractivity contribution < 1.29 is 14.3 Å². The zero-order chi connectivity index (χ0) is 14.1. The van der Waals surface area contributed by atoms with E-state index in [2.05, 4.69) is 5.32 Å². The van der Waals surface area contributed by atoms with Crippen molar-refractivity contribution in [3.8, 4) is 0 Å². The van der Waals surface area contributed by atoms with Gasteiger partial charge in [0.05, 0.1) is 19.7 Å². The van der Waals surface area contributed by atoms with Crippen LogP contribution < -0.4 is 5.32 Å². The van der Waals surface area contributed by atoms with E-state index >= 15 is 0 Å². The molecule has 1 aliphatic rings. The lowest BCUT2D eigenvalue weighted by Gasteiger charge is -2.29. The molecule has 1 N–H and O–H groups in total. The fourth-order valence-corrected chi connectivity index (χ4v) is 1.90. The van der Waals surface area contributed by atoms with Crippen LogP contribution in [0.3, 0.4) is 0 Å². The van der Waals surface area contributed by atoms with Crippen molar-refractivity contribution >= 4 is 11.9 Å². The average molecular weight is 271 g/mol. The number of nitrogens with one attached hydrogen (secondary N) is 1. The minimum Gasteiger partial charge on any atom is -0.465 e. The molecule has 1 fully saturated rings. The zero-order valence-corrected chi connectivity index (χ0v) is 12.0. The maximum atomic E-state index is 12.0. The lowest BCUT2D eigenvalue weighted by Crippen LogP contribution is -2.49. The molecule has 0 atom stereocenters. The monoisotopic (exact) mass is 271 g/mol. The first-order chi connectivity index (χ1) is 9.13. The summed E-state index contributed by atoms with van der Waals surface area (Å²) in [6.45, 7) is 6.12. The Morgan fingerprint density at radius 2 is 1.95 bits per heavy atom. The second kappa shape index (κ2) is 8.87. The molecule has 0 saturated carbocycles. The molecule has 0 aromatic rings. The first-order valence-electron chi connectivity index (χ1n) is 6.96. The first-order valence-corrected chi connectivity index (χ1v) is 6.96. The number of esters is 1. The van der Waals surface area contributed by atoms with Crippen LogP contribution in [0.25, 0.3) is 0 Å². The number of likely N-dealkylation sites (N-methyl/N-ethyl adjacent to an activating group) is 1. The van der Waals surface area contributed by atoms with Gasteiger partial charge >= 0.3 is 5.97 Å². The molecule has 0 radical (unpaired) electrons. The van der Waals surface area contributed by atoms with Crippen molar-refractivity contribution in [1.29, 1.82) is 0 Å². The van der Waals surface area contributed by atoms with Gasteiger partial charge in [0.2, 0.25) is 5.91 Å². The van der Waals surface area contributed by atoms with Crippen molar-refractivity contribution in [2.24, 2.45) is 0 Å². The van der Waals surface area contributed by atoms with Gasteiger partial charge in [0.25, 0.3) is 0 Å². The summed E-state index contributed by atoms with van der Waals surface area (Å²) >= 11 is 0. The molecule has 0 bridgehead atoms. The van der Waals surface area contributed by atoms with E-state index in [1.165, 1.54) is 0 Å². The summed E-state index contributed by atoms with van der Waals surface area (Å²) in [6, 6.07) is 0. The molecule has 110 valence electrons. The third kappa shape index (κ3) is 6.54. The minimum atomic E-state index is -0.260. The molecule has 1 rings (SSSR count). The predicted octanol–water partition coefficient (Wildman–Crippen LogP) is -0.307. The SMILES string of the molecule is CCCCOC(=O)CN(C)CC(=O)N1CCNCC1. The third-order valence-electron chi connectivity index (χ3n) is 3.03. The Labute approximate surface area is 115 Å². The summed E-state index contributed by atoms with van der Waals surface area (Å²) in [5.74, 6) is -0.186. The van der Waals surface area contributed by atoms with E-state index in [4.69, 9.17) is 4.74 Å². The summed E-state index contributed by atoms with van der Waals surface area (Å²) in [5.41, 5.74) is 0. The number of carbonyl (C=O) groups is 2. The Hall–Kier alpha value is -1.14. The minimum absolute atomic E-state index is 0.0744. The van der Waals surface area contributed by atoms with Crippen molar-refractivity contribution in [2.45, 2.75) is 19.8 Å².